The van der Waals surface area contributed by atoms with Crippen LogP contribution in [0.5, 0.6) is 0 Å². The minimum atomic E-state index is 0.534. The van der Waals surface area contributed by atoms with E-state index in [4.69, 9.17) is 11.6 Å². The van der Waals surface area contributed by atoms with Crippen molar-refractivity contribution in [1.82, 2.24) is 9.97 Å². The second kappa shape index (κ2) is 4.15. The molecule has 1 heterocycles. The molecule has 1 aromatic heterocycles. The number of fused-ring (bicyclic) bond motifs is 1. The molecular weight excluding hydrogens is 216 g/mol. The number of thioether (sulfide) groups is 1. The first kappa shape index (κ1) is 9.74. The molecular formula is C10H9ClN2S. The summed E-state index contributed by atoms with van der Waals surface area (Å²) in [6, 6.07) is 7.76. The molecule has 0 aliphatic heterocycles. The van der Waals surface area contributed by atoms with Gasteiger partial charge in [-0.05, 0) is 17.9 Å². The molecule has 0 radical (unpaired) electrons. The second-order valence-corrected chi connectivity index (χ2v) is 4.34. The lowest BCUT2D eigenvalue weighted by Crippen LogP contribution is -1.89. The maximum Gasteiger partial charge on any atom is 0.189 e. The lowest BCUT2D eigenvalue weighted by atomic mass is 10.2. The molecule has 0 saturated heterocycles. The summed E-state index contributed by atoms with van der Waals surface area (Å²) in [4.78, 5) is 8.60. The van der Waals surface area contributed by atoms with Crippen LogP contribution >= 0.6 is 23.4 Å². The summed E-state index contributed by atoms with van der Waals surface area (Å²) in [5.74, 6) is 0.953. The third-order valence-electron chi connectivity index (χ3n) is 1.81. The Morgan fingerprint density at radius 2 is 2.07 bits per heavy atom. The molecule has 72 valence electrons. The van der Waals surface area contributed by atoms with E-state index in [9.17, 15) is 0 Å². The molecule has 0 N–H and O–H groups in total. The fourth-order valence-corrected chi connectivity index (χ4v) is 2.08. The summed E-state index contributed by atoms with van der Waals surface area (Å²) in [5.41, 5.74) is 0.906. The van der Waals surface area contributed by atoms with Gasteiger partial charge in [0.1, 0.15) is 5.15 Å². The van der Waals surface area contributed by atoms with Gasteiger partial charge in [-0.1, -0.05) is 42.4 Å². The largest absolute Gasteiger partial charge is 0.222 e. The van der Waals surface area contributed by atoms with E-state index in [0.717, 1.165) is 21.8 Å². The number of nitrogens with zero attached hydrogens (tertiary/aromatic N) is 2. The van der Waals surface area contributed by atoms with Crippen molar-refractivity contribution >= 4 is 34.3 Å². The maximum absolute atomic E-state index is 6.03. The Balaban J connectivity index is 2.60. The third-order valence-corrected chi connectivity index (χ3v) is 2.83. The van der Waals surface area contributed by atoms with Crippen LogP contribution in [0.2, 0.25) is 5.15 Å². The van der Waals surface area contributed by atoms with Crippen LogP contribution in [0.1, 0.15) is 6.92 Å². The fourth-order valence-electron chi connectivity index (χ4n) is 1.21. The summed E-state index contributed by atoms with van der Waals surface area (Å²) >= 11 is 7.63. The second-order valence-electron chi connectivity index (χ2n) is 2.75. The molecule has 14 heavy (non-hydrogen) atoms. The van der Waals surface area contributed by atoms with E-state index in [1.54, 1.807) is 11.8 Å². The Bertz CT molecular complexity index is 459. The van der Waals surface area contributed by atoms with E-state index in [1.807, 2.05) is 24.3 Å². The summed E-state index contributed by atoms with van der Waals surface area (Å²) in [6.07, 6.45) is 0. The van der Waals surface area contributed by atoms with Gasteiger partial charge in [-0.25, -0.2) is 9.97 Å². The van der Waals surface area contributed by atoms with Gasteiger partial charge in [0.05, 0.1) is 5.52 Å². The summed E-state index contributed by atoms with van der Waals surface area (Å²) in [7, 11) is 0. The van der Waals surface area contributed by atoms with Crippen LogP contribution in [0.25, 0.3) is 10.9 Å². The maximum atomic E-state index is 6.03. The van der Waals surface area contributed by atoms with Gasteiger partial charge in [0, 0.05) is 5.39 Å². The van der Waals surface area contributed by atoms with Crippen LogP contribution in [0.4, 0.5) is 0 Å². The highest BCUT2D eigenvalue weighted by atomic mass is 35.5. The molecule has 4 heteroatoms. The van der Waals surface area contributed by atoms with Gasteiger partial charge in [-0.3, -0.25) is 0 Å². The Kier molecular flexibility index (Phi) is 2.89. The quantitative estimate of drug-likeness (QED) is 0.444. The third kappa shape index (κ3) is 1.83. The lowest BCUT2D eigenvalue weighted by Gasteiger charge is -2.01. The zero-order chi connectivity index (χ0) is 9.97. The Morgan fingerprint density at radius 3 is 2.86 bits per heavy atom. The molecule has 0 spiro atoms. The number of para-hydroxylation sites is 1. The predicted octanol–water partition coefficient (Wildman–Crippen LogP) is 3.40. The fraction of sp³-hybridized carbons (Fsp3) is 0.200. The van der Waals surface area contributed by atoms with Gasteiger partial charge in [-0.2, -0.15) is 0 Å². The zero-order valence-electron chi connectivity index (χ0n) is 7.70. The average molecular weight is 225 g/mol. The monoisotopic (exact) mass is 224 g/mol. The van der Waals surface area contributed by atoms with Crippen molar-refractivity contribution in [2.45, 2.75) is 12.1 Å². The minimum Gasteiger partial charge on any atom is -0.222 e. The molecule has 0 unspecified atom stereocenters. The van der Waals surface area contributed by atoms with E-state index in [2.05, 4.69) is 16.9 Å². The van der Waals surface area contributed by atoms with Crippen LogP contribution in [-0.2, 0) is 0 Å². The van der Waals surface area contributed by atoms with Crippen LogP contribution in [-0.4, -0.2) is 15.7 Å². The lowest BCUT2D eigenvalue weighted by molar-refractivity contribution is 1.00. The molecule has 0 aliphatic carbocycles. The van der Waals surface area contributed by atoms with Gasteiger partial charge in [-0.15, -0.1) is 0 Å². The van der Waals surface area contributed by atoms with Crippen molar-refractivity contribution < 1.29 is 0 Å². The number of benzene rings is 1. The summed E-state index contributed by atoms with van der Waals surface area (Å²) < 4.78 is 0. The molecule has 0 amide bonds. The smallest absolute Gasteiger partial charge is 0.189 e. The minimum absolute atomic E-state index is 0.534. The normalized spacial score (nSPS) is 10.7. The van der Waals surface area contributed by atoms with Crippen molar-refractivity contribution in [3.8, 4) is 0 Å². The van der Waals surface area contributed by atoms with E-state index in [-0.39, 0.29) is 0 Å². The van der Waals surface area contributed by atoms with Gasteiger partial charge in [0.2, 0.25) is 0 Å². The molecule has 2 nitrogen and oxygen atoms in total. The molecule has 0 bridgehead atoms. The van der Waals surface area contributed by atoms with Crippen molar-refractivity contribution in [2.24, 2.45) is 0 Å². The molecule has 2 aromatic rings. The number of rotatable bonds is 2. The van der Waals surface area contributed by atoms with Gasteiger partial charge < -0.3 is 0 Å². The summed E-state index contributed by atoms with van der Waals surface area (Å²) in [5, 5.41) is 2.19. The topological polar surface area (TPSA) is 25.8 Å². The van der Waals surface area contributed by atoms with Gasteiger partial charge in [0.15, 0.2) is 5.16 Å². The average Bonchev–Trinajstić information content (AvgIpc) is 2.18. The number of hydrogen-bond acceptors (Lipinski definition) is 3. The van der Waals surface area contributed by atoms with E-state index < -0.39 is 0 Å². The van der Waals surface area contributed by atoms with E-state index in [1.165, 1.54) is 0 Å². The molecule has 0 fully saturated rings. The van der Waals surface area contributed by atoms with Crippen molar-refractivity contribution in [2.75, 3.05) is 5.75 Å². The van der Waals surface area contributed by atoms with E-state index in [0.29, 0.717) is 5.15 Å². The number of aromatic nitrogens is 2. The van der Waals surface area contributed by atoms with Gasteiger partial charge in [0.25, 0.3) is 0 Å². The standard InChI is InChI=1S/C10H9ClN2S/c1-2-14-10-12-8-6-4-3-5-7(8)9(11)13-10/h3-6H,2H2,1H3. The summed E-state index contributed by atoms with van der Waals surface area (Å²) in [6.45, 7) is 2.07. The molecule has 1 aromatic carbocycles. The predicted molar refractivity (Wildman–Crippen MR) is 60.9 cm³/mol. The van der Waals surface area contributed by atoms with E-state index >= 15 is 0 Å². The molecule has 0 saturated carbocycles. The highest BCUT2D eigenvalue weighted by molar-refractivity contribution is 7.99. The highest BCUT2D eigenvalue weighted by Crippen LogP contribution is 2.23. The van der Waals surface area contributed by atoms with Crippen LogP contribution in [0.3, 0.4) is 0 Å². The Morgan fingerprint density at radius 1 is 1.29 bits per heavy atom. The molecule has 2 rings (SSSR count). The van der Waals surface area contributed by atoms with Gasteiger partial charge >= 0.3 is 0 Å². The Hall–Kier alpha value is -0.800. The highest BCUT2D eigenvalue weighted by Gasteiger charge is 2.04. The van der Waals surface area contributed by atoms with Crippen molar-refractivity contribution in [3.05, 3.63) is 29.4 Å². The first-order valence-corrected chi connectivity index (χ1v) is 5.72. The zero-order valence-corrected chi connectivity index (χ0v) is 9.27. The first-order valence-electron chi connectivity index (χ1n) is 4.36. The van der Waals surface area contributed by atoms with Crippen molar-refractivity contribution in [1.29, 1.82) is 0 Å². The molecule has 0 aliphatic rings. The molecule has 0 atom stereocenters. The van der Waals surface area contributed by atoms with Crippen LogP contribution in [0.15, 0.2) is 29.4 Å². The Labute approximate surface area is 91.7 Å². The van der Waals surface area contributed by atoms with Crippen LogP contribution in [0, 0.1) is 0 Å². The SMILES string of the molecule is CCSc1nc(Cl)c2ccccc2n1. The van der Waals surface area contributed by atoms with Crippen LogP contribution < -0.4 is 0 Å². The number of hydrogen-bond donors (Lipinski definition) is 0. The first-order chi connectivity index (χ1) is 6.81. The van der Waals surface area contributed by atoms with Crippen molar-refractivity contribution in [3.63, 3.8) is 0 Å². The number of halogens is 1.